The molecule has 0 unspecified atom stereocenters. The normalized spacial score (nSPS) is 10.4. The van der Waals surface area contributed by atoms with Gasteiger partial charge in [-0.05, 0) is 36.0 Å². The Bertz CT molecular complexity index is 431. The summed E-state index contributed by atoms with van der Waals surface area (Å²) >= 11 is 0. The molecule has 0 bridgehead atoms. The maximum Gasteiger partial charge on any atom is 0.0434 e. The zero-order chi connectivity index (χ0) is 11.9. The summed E-state index contributed by atoms with van der Waals surface area (Å²) in [6.07, 6.45) is 2.79. The summed E-state index contributed by atoms with van der Waals surface area (Å²) in [5.74, 6) is 0. The van der Waals surface area contributed by atoms with E-state index in [1.165, 1.54) is 16.7 Å². The topological polar surface area (TPSA) is 20.2 Å². The third-order valence-corrected chi connectivity index (χ3v) is 2.90. The van der Waals surface area contributed by atoms with Gasteiger partial charge >= 0.3 is 0 Å². The summed E-state index contributed by atoms with van der Waals surface area (Å²) in [5.41, 5.74) is 3.98. The maximum absolute atomic E-state index is 8.78. The van der Waals surface area contributed by atoms with Crippen LogP contribution < -0.4 is 0 Å². The average molecular weight is 226 g/mol. The van der Waals surface area contributed by atoms with Crippen molar-refractivity contribution in [3.8, 4) is 0 Å². The summed E-state index contributed by atoms with van der Waals surface area (Å²) in [6, 6.07) is 19.2. The number of aryl methyl sites for hydroxylation is 1. The Morgan fingerprint density at radius 3 is 1.94 bits per heavy atom. The monoisotopic (exact) mass is 226 g/mol. The van der Waals surface area contributed by atoms with E-state index in [1.807, 2.05) is 6.07 Å². The molecule has 0 aromatic heterocycles. The number of hydrogen-bond donors (Lipinski definition) is 1. The Morgan fingerprint density at radius 2 is 1.29 bits per heavy atom. The Balaban J connectivity index is 1.98. The van der Waals surface area contributed by atoms with Crippen molar-refractivity contribution >= 4 is 0 Å². The van der Waals surface area contributed by atoms with Crippen LogP contribution in [0.1, 0.15) is 23.1 Å². The molecule has 0 aliphatic rings. The van der Waals surface area contributed by atoms with Gasteiger partial charge in [-0.2, -0.15) is 0 Å². The third-order valence-electron chi connectivity index (χ3n) is 2.90. The molecular formula is C16H18O. The highest BCUT2D eigenvalue weighted by molar-refractivity contribution is 5.28. The highest BCUT2D eigenvalue weighted by atomic mass is 16.2. The Labute approximate surface area is 103 Å². The van der Waals surface area contributed by atoms with Gasteiger partial charge in [0, 0.05) is 6.61 Å². The van der Waals surface area contributed by atoms with E-state index >= 15 is 0 Å². The van der Waals surface area contributed by atoms with Crippen LogP contribution in [0, 0.1) is 0 Å². The second-order valence-corrected chi connectivity index (χ2v) is 4.31. The first-order valence-corrected chi connectivity index (χ1v) is 6.11. The zero-order valence-electron chi connectivity index (χ0n) is 9.97. The second-order valence-electron chi connectivity index (χ2n) is 4.31. The quantitative estimate of drug-likeness (QED) is 0.830. The fourth-order valence-electron chi connectivity index (χ4n) is 1.94. The Kier molecular flexibility index (Phi) is 4.34. The van der Waals surface area contributed by atoms with Crippen LogP contribution >= 0.6 is 0 Å². The average Bonchev–Trinajstić information content (AvgIpc) is 2.39. The molecule has 0 amide bonds. The molecule has 0 fully saturated rings. The Morgan fingerprint density at radius 1 is 0.706 bits per heavy atom. The molecule has 0 heterocycles. The van der Waals surface area contributed by atoms with E-state index in [1.54, 1.807) is 0 Å². The lowest BCUT2D eigenvalue weighted by molar-refractivity contribution is 0.288. The minimum Gasteiger partial charge on any atom is -0.396 e. The molecule has 2 aromatic rings. The van der Waals surface area contributed by atoms with Gasteiger partial charge in [-0.3, -0.25) is 0 Å². The highest BCUT2D eigenvalue weighted by Crippen LogP contribution is 2.11. The van der Waals surface area contributed by atoms with Crippen molar-refractivity contribution in [1.29, 1.82) is 0 Å². The van der Waals surface area contributed by atoms with Crippen molar-refractivity contribution in [3.63, 3.8) is 0 Å². The van der Waals surface area contributed by atoms with Gasteiger partial charge < -0.3 is 5.11 Å². The molecule has 1 N–H and O–H groups in total. The van der Waals surface area contributed by atoms with E-state index in [9.17, 15) is 0 Å². The van der Waals surface area contributed by atoms with Crippen LogP contribution in [0.25, 0.3) is 0 Å². The fourth-order valence-corrected chi connectivity index (χ4v) is 1.94. The summed E-state index contributed by atoms with van der Waals surface area (Å²) in [4.78, 5) is 0. The lowest BCUT2D eigenvalue weighted by Crippen LogP contribution is -1.91. The van der Waals surface area contributed by atoms with Crippen molar-refractivity contribution in [1.82, 2.24) is 0 Å². The molecule has 0 saturated heterocycles. The summed E-state index contributed by atoms with van der Waals surface area (Å²) < 4.78 is 0. The van der Waals surface area contributed by atoms with Crippen molar-refractivity contribution in [2.75, 3.05) is 6.61 Å². The van der Waals surface area contributed by atoms with Crippen LogP contribution in [0.5, 0.6) is 0 Å². The second kappa shape index (κ2) is 6.21. The largest absolute Gasteiger partial charge is 0.396 e. The molecule has 0 aliphatic heterocycles. The molecule has 17 heavy (non-hydrogen) atoms. The third kappa shape index (κ3) is 3.72. The van der Waals surface area contributed by atoms with Gasteiger partial charge in [0.2, 0.25) is 0 Å². The minimum absolute atomic E-state index is 0.270. The molecule has 0 radical (unpaired) electrons. The first-order chi connectivity index (χ1) is 8.38. The minimum atomic E-state index is 0.270. The van der Waals surface area contributed by atoms with E-state index in [0.717, 1.165) is 19.3 Å². The summed E-state index contributed by atoms with van der Waals surface area (Å²) in [7, 11) is 0. The van der Waals surface area contributed by atoms with Crippen LogP contribution in [0.4, 0.5) is 0 Å². The van der Waals surface area contributed by atoms with Gasteiger partial charge in [-0.25, -0.2) is 0 Å². The SMILES string of the molecule is OCCCc1ccc(Cc2ccccc2)cc1. The van der Waals surface area contributed by atoms with Crippen molar-refractivity contribution < 1.29 is 5.11 Å². The van der Waals surface area contributed by atoms with Crippen LogP contribution in [0.3, 0.4) is 0 Å². The molecule has 0 atom stereocenters. The molecule has 0 spiro atoms. The fraction of sp³-hybridized carbons (Fsp3) is 0.250. The maximum atomic E-state index is 8.78. The van der Waals surface area contributed by atoms with E-state index in [4.69, 9.17) is 5.11 Å². The van der Waals surface area contributed by atoms with Gasteiger partial charge in [0.1, 0.15) is 0 Å². The standard InChI is InChI=1S/C16H18O/c17-12-4-7-14-8-10-16(11-9-14)13-15-5-2-1-3-6-15/h1-3,5-6,8-11,17H,4,7,12-13H2. The van der Waals surface area contributed by atoms with Crippen molar-refractivity contribution in [2.45, 2.75) is 19.3 Å². The van der Waals surface area contributed by atoms with Gasteiger partial charge in [0.25, 0.3) is 0 Å². The van der Waals surface area contributed by atoms with Crippen LogP contribution in [-0.4, -0.2) is 11.7 Å². The molecule has 0 saturated carbocycles. The zero-order valence-corrected chi connectivity index (χ0v) is 9.97. The molecule has 2 rings (SSSR count). The van der Waals surface area contributed by atoms with Gasteiger partial charge in [0.05, 0.1) is 0 Å². The van der Waals surface area contributed by atoms with Gasteiger partial charge in [0.15, 0.2) is 0 Å². The van der Waals surface area contributed by atoms with Crippen LogP contribution in [0.2, 0.25) is 0 Å². The van der Waals surface area contributed by atoms with E-state index in [0.29, 0.717) is 0 Å². The summed E-state index contributed by atoms with van der Waals surface area (Å²) in [5, 5.41) is 8.78. The lowest BCUT2D eigenvalue weighted by Gasteiger charge is -2.04. The highest BCUT2D eigenvalue weighted by Gasteiger charge is 1.97. The molecule has 1 heteroatoms. The smallest absolute Gasteiger partial charge is 0.0434 e. The Hall–Kier alpha value is -1.60. The molecule has 0 aliphatic carbocycles. The molecular weight excluding hydrogens is 208 g/mol. The number of aliphatic hydroxyl groups excluding tert-OH is 1. The summed E-state index contributed by atoms with van der Waals surface area (Å²) in [6.45, 7) is 0.270. The number of rotatable bonds is 5. The van der Waals surface area contributed by atoms with Crippen molar-refractivity contribution in [2.24, 2.45) is 0 Å². The van der Waals surface area contributed by atoms with Crippen molar-refractivity contribution in [3.05, 3.63) is 71.3 Å². The number of benzene rings is 2. The first kappa shape index (κ1) is 11.9. The van der Waals surface area contributed by atoms with Gasteiger partial charge in [-0.1, -0.05) is 54.6 Å². The predicted molar refractivity (Wildman–Crippen MR) is 71.1 cm³/mol. The molecule has 88 valence electrons. The van der Waals surface area contributed by atoms with Crippen LogP contribution in [-0.2, 0) is 12.8 Å². The van der Waals surface area contributed by atoms with E-state index < -0.39 is 0 Å². The van der Waals surface area contributed by atoms with Crippen LogP contribution in [0.15, 0.2) is 54.6 Å². The first-order valence-electron chi connectivity index (χ1n) is 6.11. The number of aliphatic hydroxyl groups is 1. The molecule has 2 aromatic carbocycles. The predicted octanol–water partition coefficient (Wildman–Crippen LogP) is 3.20. The molecule has 1 nitrogen and oxygen atoms in total. The van der Waals surface area contributed by atoms with E-state index in [2.05, 4.69) is 48.5 Å². The van der Waals surface area contributed by atoms with Gasteiger partial charge in [-0.15, -0.1) is 0 Å². The number of hydrogen-bond acceptors (Lipinski definition) is 1. The van der Waals surface area contributed by atoms with E-state index in [-0.39, 0.29) is 6.61 Å². The lowest BCUT2D eigenvalue weighted by atomic mass is 10.0.